The van der Waals surface area contributed by atoms with Gasteiger partial charge in [-0.3, -0.25) is 4.79 Å². The zero-order valence-electron chi connectivity index (χ0n) is 15.9. The Morgan fingerprint density at radius 1 is 1.16 bits per heavy atom. The van der Waals surface area contributed by atoms with Gasteiger partial charge in [0, 0.05) is 12.2 Å². The molecule has 1 amide bonds. The van der Waals surface area contributed by atoms with Crippen LogP contribution >= 0.6 is 11.6 Å². The highest BCUT2D eigenvalue weighted by atomic mass is 35.5. The number of fused-ring (bicyclic) bond motifs is 2. The van der Waals surface area contributed by atoms with Crippen LogP contribution in [-0.2, 0) is 12.6 Å². The first kappa shape index (κ1) is 19.6. The highest BCUT2D eigenvalue weighted by molar-refractivity contribution is 6.37. The number of hydrogen-bond donors (Lipinski definition) is 0. The van der Waals surface area contributed by atoms with E-state index in [1.54, 1.807) is 12.1 Å². The predicted octanol–water partition coefficient (Wildman–Crippen LogP) is 5.25. The maximum atomic E-state index is 13.8. The summed E-state index contributed by atoms with van der Waals surface area (Å²) in [5.41, 5.74) is -0.0364. The third-order valence-corrected chi connectivity index (χ3v) is 5.50. The maximum absolute atomic E-state index is 13.8. The predicted molar refractivity (Wildman–Crippen MR) is 107 cm³/mol. The number of para-hydroxylation sites is 1. The number of alkyl halides is 3. The van der Waals surface area contributed by atoms with E-state index < -0.39 is 17.8 Å². The Morgan fingerprint density at radius 3 is 2.71 bits per heavy atom. The number of hydrogen-bond acceptors (Lipinski definition) is 4. The molecule has 1 aromatic carbocycles. The van der Waals surface area contributed by atoms with Crippen LogP contribution in [0.5, 0.6) is 0 Å². The minimum atomic E-state index is -4.75. The van der Waals surface area contributed by atoms with Crippen molar-refractivity contribution < 1.29 is 22.4 Å². The first-order valence-electron chi connectivity index (χ1n) is 9.44. The number of aryl methyl sites for hydroxylation is 1. The van der Waals surface area contributed by atoms with Crippen LogP contribution in [0.2, 0.25) is 5.02 Å². The molecule has 5 rings (SSSR count). The molecule has 0 N–H and O–H groups in total. The molecule has 0 unspecified atom stereocenters. The second kappa shape index (κ2) is 7.12. The number of aromatic nitrogens is 3. The summed E-state index contributed by atoms with van der Waals surface area (Å²) in [5.74, 6) is -0.432. The number of anilines is 1. The molecule has 1 aliphatic heterocycles. The Bertz CT molecular complexity index is 1300. The largest absolute Gasteiger partial charge is 0.463 e. The molecule has 4 heterocycles. The van der Waals surface area contributed by atoms with Crippen LogP contribution in [0.1, 0.15) is 28.2 Å². The van der Waals surface area contributed by atoms with Crippen molar-refractivity contribution in [3.63, 3.8) is 0 Å². The zero-order chi connectivity index (χ0) is 21.8. The lowest BCUT2D eigenvalue weighted by molar-refractivity contribution is -0.142. The standard InChI is InChI=1S/C21H14ClF3N4O2/c22-17-18(20(30)28-9-3-6-12-5-1-2-7-14(12)28)27-29-16(21(23,24)25)11-13(26-19(17)29)15-8-4-10-31-15/h1-2,4-5,7-8,10-11H,3,6,9H2. The molecule has 3 aromatic heterocycles. The topological polar surface area (TPSA) is 63.6 Å². The summed E-state index contributed by atoms with van der Waals surface area (Å²) in [6, 6.07) is 11.2. The van der Waals surface area contributed by atoms with Gasteiger partial charge < -0.3 is 9.32 Å². The number of rotatable bonds is 2. The molecule has 158 valence electrons. The Morgan fingerprint density at radius 2 is 1.97 bits per heavy atom. The van der Waals surface area contributed by atoms with Crippen LogP contribution < -0.4 is 4.90 Å². The number of carbonyl (C=O) groups is 1. The molecule has 0 saturated heterocycles. The van der Waals surface area contributed by atoms with E-state index in [2.05, 4.69) is 10.1 Å². The molecule has 4 aromatic rings. The van der Waals surface area contributed by atoms with E-state index in [-0.39, 0.29) is 27.8 Å². The molecule has 0 radical (unpaired) electrons. The van der Waals surface area contributed by atoms with Crippen molar-refractivity contribution in [3.8, 4) is 11.5 Å². The number of benzene rings is 1. The van der Waals surface area contributed by atoms with Crippen molar-refractivity contribution >= 4 is 28.8 Å². The maximum Gasteiger partial charge on any atom is 0.433 e. The Labute approximate surface area is 178 Å². The minimum Gasteiger partial charge on any atom is -0.463 e. The van der Waals surface area contributed by atoms with Gasteiger partial charge in [-0.1, -0.05) is 29.8 Å². The molecule has 0 spiro atoms. The first-order chi connectivity index (χ1) is 14.8. The molecule has 1 aliphatic rings. The normalized spacial score (nSPS) is 14.1. The third kappa shape index (κ3) is 3.25. The summed E-state index contributed by atoms with van der Waals surface area (Å²) in [4.78, 5) is 18.9. The number of furan rings is 1. The molecular formula is C21H14ClF3N4O2. The SMILES string of the molecule is O=C(c1nn2c(C(F)(F)F)cc(-c3ccco3)nc2c1Cl)N1CCCc2ccccc21. The number of nitrogens with zero attached hydrogens (tertiary/aromatic N) is 4. The molecule has 0 aliphatic carbocycles. The van der Waals surface area contributed by atoms with E-state index in [9.17, 15) is 18.0 Å². The molecule has 31 heavy (non-hydrogen) atoms. The zero-order valence-corrected chi connectivity index (χ0v) is 16.6. The van der Waals surface area contributed by atoms with Crippen molar-refractivity contribution in [2.45, 2.75) is 19.0 Å². The fraction of sp³-hybridized carbons (Fsp3) is 0.190. The molecule has 0 bridgehead atoms. The van der Waals surface area contributed by atoms with Crippen molar-refractivity contribution in [2.75, 3.05) is 11.4 Å². The van der Waals surface area contributed by atoms with Crippen LogP contribution in [0.15, 0.2) is 53.1 Å². The van der Waals surface area contributed by atoms with Crippen molar-refractivity contribution in [1.82, 2.24) is 14.6 Å². The first-order valence-corrected chi connectivity index (χ1v) is 9.82. The quantitative estimate of drug-likeness (QED) is 0.421. The molecular weight excluding hydrogens is 433 g/mol. The molecule has 10 heteroatoms. The van der Waals surface area contributed by atoms with Crippen LogP contribution in [0.3, 0.4) is 0 Å². The average molecular weight is 447 g/mol. The van der Waals surface area contributed by atoms with Crippen molar-refractivity contribution in [2.24, 2.45) is 0 Å². The van der Waals surface area contributed by atoms with Crippen molar-refractivity contribution in [1.29, 1.82) is 0 Å². The van der Waals surface area contributed by atoms with Gasteiger partial charge in [-0.05, 0) is 42.7 Å². The number of halogens is 4. The fourth-order valence-electron chi connectivity index (χ4n) is 3.75. The van der Waals surface area contributed by atoms with Crippen LogP contribution in [0, 0.1) is 0 Å². The Balaban J connectivity index is 1.68. The van der Waals surface area contributed by atoms with E-state index in [1.807, 2.05) is 12.1 Å². The van der Waals surface area contributed by atoms with Gasteiger partial charge in [0.15, 0.2) is 22.8 Å². The summed E-state index contributed by atoms with van der Waals surface area (Å²) in [7, 11) is 0. The van der Waals surface area contributed by atoms with Gasteiger partial charge in [0.25, 0.3) is 5.91 Å². The van der Waals surface area contributed by atoms with Gasteiger partial charge in [-0.2, -0.15) is 18.3 Å². The fourth-order valence-corrected chi connectivity index (χ4v) is 3.99. The molecule has 0 atom stereocenters. The minimum absolute atomic E-state index is 0.0612. The van der Waals surface area contributed by atoms with Gasteiger partial charge in [0.1, 0.15) is 10.7 Å². The highest BCUT2D eigenvalue weighted by Gasteiger charge is 2.37. The second-order valence-electron chi connectivity index (χ2n) is 7.09. The van der Waals surface area contributed by atoms with Crippen molar-refractivity contribution in [3.05, 3.63) is 70.7 Å². The third-order valence-electron chi connectivity index (χ3n) is 5.15. The van der Waals surface area contributed by atoms with Gasteiger partial charge in [0.05, 0.1) is 6.26 Å². The highest BCUT2D eigenvalue weighted by Crippen LogP contribution is 2.36. The van der Waals surface area contributed by atoms with Gasteiger partial charge >= 0.3 is 6.18 Å². The van der Waals surface area contributed by atoms with Crippen LogP contribution in [0.4, 0.5) is 18.9 Å². The summed E-state index contributed by atoms with van der Waals surface area (Å²) in [6.07, 6.45) is -1.89. The lowest BCUT2D eigenvalue weighted by Crippen LogP contribution is -2.35. The molecule has 0 fully saturated rings. The summed E-state index contributed by atoms with van der Waals surface area (Å²) >= 11 is 6.36. The Kier molecular flexibility index (Phi) is 4.51. The molecule has 0 saturated carbocycles. The smallest absolute Gasteiger partial charge is 0.433 e. The van der Waals surface area contributed by atoms with Gasteiger partial charge in [-0.25, -0.2) is 9.50 Å². The van der Waals surface area contributed by atoms with Gasteiger partial charge in [-0.15, -0.1) is 0 Å². The van der Waals surface area contributed by atoms with Gasteiger partial charge in [0.2, 0.25) is 0 Å². The van der Waals surface area contributed by atoms with E-state index in [4.69, 9.17) is 16.0 Å². The Hall–Kier alpha value is -3.33. The summed E-state index contributed by atoms with van der Waals surface area (Å²) < 4.78 is 47.1. The van der Waals surface area contributed by atoms with Crippen LogP contribution in [0.25, 0.3) is 17.1 Å². The van der Waals surface area contributed by atoms with E-state index >= 15 is 0 Å². The van der Waals surface area contributed by atoms with Crippen LogP contribution in [-0.4, -0.2) is 27.0 Å². The number of amides is 1. The monoisotopic (exact) mass is 446 g/mol. The second-order valence-corrected chi connectivity index (χ2v) is 7.47. The lowest BCUT2D eigenvalue weighted by atomic mass is 10.0. The lowest BCUT2D eigenvalue weighted by Gasteiger charge is -2.28. The van der Waals surface area contributed by atoms with E-state index in [0.717, 1.165) is 24.5 Å². The summed E-state index contributed by atoms with van der Waals surface area (Å²) in [6.45, 7) is 0.414. The van der Waals surface area contributed by atoms with E-state index in [0.29, 0.717) is 16.7 Å². The number of carbonyl (C=O) groups excluding carboxylic acids is 1. The molecule has 6 nitrogen and oxygen atoms in total. The summed E-state index contributed by atoms with van der Waals surface area (Å²) in [5, 5.41) is 3.69. The average Bonchev–Trinajstić information content (AvgIpc) is 3.40. The van der Waals surface area contributed by atoms with E-state index in [1.165, 1.54) is 23.3 Å².